The molecule has 0 aromatic heterocycles. The quantitative estimate of drug-likeness (QED) is 0.325. The van der Waals surface area contributed by atoms with Crippen LogP contribution in [0.15, 0.2) is 35.2 Å². The van der Waals surface area contributed by atoms with E-state index in [9.17, 15) is 26.8 Å². The van der Waals surface area contributed by atoms with Crippen LogP contribution in [0, 0.1) is 17.1 Å². The normalized spacial score (nSPS) is 20.8. The van der Waals surface area contributed by atoms with Crippen LogP contribution in [0.2, 0.25) is 0 Å². The molecule has 0 radical (unpaired) electrons. The third kappa shape index (κ3) is 4.51. The summed E-state index contributed by atoms with van der Waals surface area (Å²) in [6, 6.07) is 3.58. The molecule has 2 atom stereocenters. The van der Waals surface area contributed by atoms with Gasteiger partial charge in [0, 0.05) is 23.0 Å². The lowest BCUT2D eigenvalue weighted by Crippen LogP contribution is -2.46. The van der Waals surface area contributed by atoms with Gasteiger partial charge in [0.25, 0.3) is 6.43 Å². The third-order valence-corrected chi connectivity index (χ3v) is 8.27. The number of ether oxygens (including phenoxy) is 1. The van der Waals surface area contributed by atoms with Crippen LogP contribution >= 0.6 is 10.6 Å². The molecular formula is C20H19F5N2O4S2. The van der Waals surface area contributed by atoms with Gasteiger partial charge in [0.05, 0.1) is 22.1 Å². The summed E-state index contributed by atoms with van der Waals surface area (Å²) in [5, 5.41) is 4.59. The van der Waals surface area contributed by atoms with Crippen molar-refractivity contribution in [2.45, 2.75) is 48.1 Å². The summed E-state index contributed by atoms with van der Waals surface area (Å²) in [6.07, 6.45) is -3.43. The molecular weight excluding hydrogens is 491 g/mol. The van der Waals surface area contributed by atoms with Crippen molar-refractivity contribution >= 4 is 22.0 Å². The molecule has 180 valence electrons. The third-order valence-electron chi connectivity index (χ3n) is 4.75. The van der Waals surface area contributed by atoms with E-state index in [0.717, 1.165) is 30.3 Å². The fourth-order valence-electron chi connectivity index (χ4n) is 3.16. The van der Waals surface area contributed by atoms with Crippen LogP contribution in [-0.4, -0.2) is 23.7 Å². The molecule has 0 bridgehead atoms. The summed E-state index contributed by atoms with van der Waals surface area (Å²) < 4.78 is 111. The van der Waals surface area contributed by atoms with E-state index < -0.39 is 72.0 Å². The van der Waals surface area contributed by atoms with Crippen molar-refractivity contribution in [3.63, 3.8) is 0 Å². The number of hydrogen-bond donors (Lipinski definition) is 3. The number of nitrogens with zero attached hydrogens (tertiary/aromatic N) is 1. The molecule has 0 fully saturated rings. The number of nitrogens with one attached hydrogen (secondary N) is 1. The Labute approximate surface area is 191 Å². The van der Waals surface area contributed by atoms with Gasteiger partial charge in [-0.05, 0) is 45.0 Å². The van der Waals surface area contributed by atoms with E-state index in [-0.39, 0.29) is 11.3 Å². The molecule has 1 aliphatic rings. The van der Waals surface area contributed by atoms with E-state index in [4.69, 9.17) is 10.00 Å². The van der Waals surface area contributed by atoms with Crippen molar-refractivity contribution in [2.75, 3.05) is 0 Å². The molecule has 3 rings (SSSR count). The number of halogens is 5. The smallest absolute Gasteiger partial charge is 0.365 e. The highest BCUT2D eigenvalue weighted by Gasteiger charge is 2.64. The minimum absolute atomic E-state index is 0.175. The Morgan fingerprint density at radius 3 is 2.42 bits per heavy atom. The minimum Gasteiger partial charge on any atom is -0.598 e. The van der Waals surface area contributed by atoms with Gasteiger partial charge in [0.1, 0.15) is 22.1 Å². The first-order valence-corrected chi connectivity index (χ1v) is 12.0. The lowest BCUT2D eigenvalue weighted by molar-refractivity contribution is 0.0496. The fraction of sp³-hybridized carbons (Fsp3) is 0.350. The molecule has 0 saturated heterocycles. The van der Waals surface area contributed by atoms with E-state index in [1.807, 2.05) is 0 Å². The van der Waals surface area contributed by atoms with E-state index in [1.54, 1.807) is 6.07 Å². The number of alkyl halides is 4. The van der Waals surface area contributed by atoms with Crippen LogP contribution in [0.5, 0.6) is 11.5 Å². The lowest BCUT2D eigenvalue weighted by Gasteiger charge is -2.36. The van der Waals surface area contributed by atoms with Gasteiger partial charge in [-0.2, -0.15) is 14.0 Å². The van der Waals surface area contributed by atoms with Crippen molar-refractivity contribution in [1.82, 2.24) is 4.72 Å². The van der Waals surface area contributed by atoms with Gasteiger partial charge in [-0.25, -0.2) is 13.2 Å². The average Bonchev–Trinajstić information content (AvgIpc) is 2.83. The maximum absolute atomic E-state index is 15.1. The Bertz CT molecular complexity index is 1120. The summed E-state index contributed by atoms with van der Waals surface area (Å²) in [6.45, 7) is 4.35. The van der Waals surface area contributed by atoms with Crippen LogP contribution in [0.1, 0.15) is 49.9 Å². The maximum atomic E-state index is 15.1. The van der Waals surface area contributed by atoms with Crippen molar-refractivity contribution in [1.29, 1.82) is 5.26 Å². The molecule has 0 saturated carbocycles. The second kappa shape index (κ2) is 8.61. The molecule has 2 aromatic carbocycles. The first kappa shape index (κ1) is 25.5. The Balaban J connectivity index is 2.20. The van der Waals surface area contributed by atoms with Gasteiger partial charge in [-0.15, -0.1) is 15.3 Å². The van der Waals surface area contributed by atoms with Crippen LogP contribution in [0.25, 0.3) is 0 Å². The molecule has 2 aromatic rings. The van der Waals surface area contributed by atoms with Crippen LogP contribution in [0.4, 0.5) is 22.0 Å². The number of hydrogen-bond acceptors (Lipinski definition) is 6. The van der Waals surface area contributed by atoms with E-state index >= 15 is 8.78 Å². The van der Waals surface area contributed by atoms with Gasteiger partial charge in [-0.1, -0.05) is 0 Å². The van der Waals surface area contributed by atoms with Crippen LogP contribution < -0.4 is 9.46 Å². The largest absolute Gasteiger partial charge is 0.598 e. The number of rotatable bonds is 5. The highest BCUT2D eigenvalue weighted by Crippen LogP contribution is 2.73. The molecule has 33 heavy (non-hydrogen) atoms. The SMILES string of the molecule is CC(C)(C)[S@@+]([O-])NC1c2c(ccc(Oc3cc(F)cc(C#N)c3)c2C(F)F)S(O)(O)C1(F)F. The Morgan fingerprint density at radius 2 is 1.88 bits per heavy atom. The molecule has 1 unspecified atom stereocenters. The number of fused-ring (bicyclic) bond motifs is 1. The van der Waals surface area contributed by atoms with Crippen molar-refractivity contribution in [3.8, 4) is 17.6 Å². The van der Waals surface area contributed by atoms with Gasteiger partial charge in [0.15, 0.2) is 6.04 Å². The average molecular weight is 511 g/mol. The Hall–Kier alpha value is -2.08. The summed E-state index contributed by atoms with van der Waals surface area (Å²) >= 11 is -2.20. The summed E-state index contributed by atoms with van der Waals surface area (Å²) in [5.74, 6) is -1.92. The summed E-state index contributed by atoms with van der Waals surface area (Å²) in [7, 11) is -4.91. The van der Waals surface area contributed by atoms with E-state index in [0.29, 0.717) is 0 Å². The molecule has 1 aliphatic heterocycles. The fourth-order valence-corrected chi connectivity index (χ4v) is 5.66. The number of nitriles is 1. The second-order valence-electron chi connectivity index (χ2n) is 8.12. The van der Waals surface area contributed by atoms with Gasteiger partial charge in [0.2, 0.25) is 0 Å². The topological polar surface area (TPSA) is 109 Å². The lowest BCUT2D eigenvalue weighted by atomic mass is 10.00. The van der Waals surface area contributed by atoms with E-state index in [1.165, 1.54) is 20.8 Å². The second-order valence-corrected chi connectivity index (χ2v) is 12.2. The van der Waals surface area contributed by atoms with Crippen LogP contribution in [0.3, 0.4) is 0 Å². The summed E-state index contributed by atoms with van der Waals surface area (Å²) in [4.78, 5) is -0.837. The standard InChI is InChI=1S/C20H19F5N2O4S2/c1-19(2,3)32(28)27-17-16-14(33(29,30)20(17,24)25)5-4-13(15(16)18(22)23)31-12-7-10(9-26)6-11(21)8-12/h4-8,17-18,27,29-30H,1-3H3/t17?,32-/m1/s1. The van der Waals surface area contributed by atoms with Crippen molar-refractivity contribution in [3.05, 3.63) is 52.8 Å². The monoisotopic (exact) mass is 510 g/mol. The van der Waals surface area contributed by atoms with Gasteiger partial charge < -0.3 is 9.29 Å². The molecule has 0 spiro atoms. The Morgan fingerprint density at radius 1 is 1.24 bits per heavy atom. The zero-order chi connectivity index (χ0) is 24.9. The van der Waals surface area contributed by atoms with Crippen molar-refractivity contribution < 1.29 is 40.3 Å². The minimum atomic E-state index is -4.91. The Kier molecular flexibility index (Phi) is 6.66. The molecule has 13 heteroatoms. The molecule has 0 amide bonds. The molecule has 3 N–H and O–H groups in total. The highest BCUT2D eigenvalue weighted by molar-refractivity contribution is 8.25. The van der Waals surface area contributed by atoms with Crippen LogP contribution in [-0.2, 0) is 11.4 Å². The predicted octanol–water partition coefficient (Wildman–Crippen LogP) is 6.24. The maximum Gasteiger partial charge on any atom is 0.365 e. The highest BCUT2D eigenvalue weighted by atomic mass is 32.3. The summed E-state index contributed by atoms with van der Waals surface area (Å²) in [5.41, 5.74) is -2.14. The zero-order valence-electron chi connectivity index (χ0n) is 17.4. The van der Waals surface area contributed by atoms with Gasteiger partial charge in [-0.3, -0.25) is 9.11 Å². The molecule has 1 heterocycles. The van der Waals surface area contributed by atoms with E-state index in [2.05, 4.69) is 4.72 Å². The van der Waals surface area contributed by atoms with Crippen molar-refractivity contribution in [2.24, 2.45) is 0 Å². The molecule has 0 aliphatic carbocycles. The predicted molar refractivity (Wildman–Crippen MR) is 112 cm³/mol. The first-order valence-electron chi connectivity index (χ1n) is 9.28. The number of benzene rings is 2. The van der Waals surface area contributed by atoms with Gasteiger partial charge >= 0.3 is 5.25 Å². The zero-order valence-corrected chi connectivity index (χ0v) is 19.0. The first-order chi connectivity index (χ1) is 15.1. The molecule has 6 nitrogen and oxygen atoms in total.